The van der Waals surface area contributed by atoms with Gasteiger partial charge in [0.15, 0.2) is 17.5 Å². The Morgan fingerprint density at radius 3 is 2.53 bits per heavy atom. The molecule has 204 valence electrons. The summed E-state index contributed by atoms with van der Waals surface area (Å²) in [5.74, 6) is -4.67. The molecule has 1 saturated heterocycles. The molecule has 2 heterocycles. The molecule has 1 amide bonds. The van der Waals surface area contributed by atoms with Crippen LogP contribution in [-0.2, 0) is 9.47 Å². The Hall–Kier alpha value is -2.68. The Morgan fingerprint density at radius 1 is 1.24 bits per heavy atom. The van der Waals surface area contributed by atoms with E-state index in [2.05, 4.69) is 10.3 Å². The average molecular weight is 573 g/mol. The average Bonchev–Trinajstić information content (AvgIpc) is 3.37. The summed E-state index contributed by atoms with van der Waals surface area (Å²) in [5, 5.41) is 29.2. The van der Waals surface area contributed by atoms with Crippen molar-refractivity contribution in [2.45, 2.75) is 34.7 Å². The number of benzene rings is 2. The van der Waals surface area contributed by atoms with Crippen molar-refractivity contribution in [3.05, 3.63) is 64.6 Å². The summed E-state index contributed by atoms with van der Waals surface area (Å²) in [6, 6.07) is 5.33. The summed E-state index contributed by atoms with van der Waals surface area (Å²) in [4.78, 5) is 14.6. The number of nitrogens with zero attached hydrogens (tertiary/aromatic N) is 4. The first-order chi connectivity index (χ1) is 18.0. The fourth-order valence-electron chi connectivity index (χ4n) is 4.10. The van der Waals surface area contributed by atoms with Crippen LogP contribution < -0.4 is 0 Å². The zero-order valence-electron chi connectivity index (χ0n) is 20.4. The highest BCUT2D eigenvalue weighted by Crippen LogP contribution is 2.41. The Kier molecular flexibility index (Phi) is 8.65. The number of hydrogen-bond donors (Lipinski definition) is 2. The van der Waals surface area contributed by atoms with Gasteiger partial charge in [0, 0.05) is 36.7 Å². The predicted molar refractivity (Wildman–Crippen MR) is 132 cm³/mol. The van der Waals surface area contributed by atoms with Crippen LogP contribution in [0.15, 0.2) is 41.4 Å². The van der Waals surface area contributed by atoms with Gasteiger partial charge in [0.2, 0.25) is 0 Å². The van der Waals surface area contributed by atoms with Gasteiger partial charge in [0.05, 0.1) is 18.4 Å². The minimum absolute atomic E-state index is 0.00908. The zero-order valence-corrected chi connectivity index (χ0v) is 22.0. The molecule has 1 aliphatic heterocycles. The van der Waals surface area contributed by atoms with Crippen molar-refractivity contribution in [2.75, 3.05) is 27.8 Å². The maximum atomic E-state index is 13.8. The van der Waals surface area contributed by atoms with Gasteiger partial charge in [0.25, 0.3) is 5.91 Å². The second-order valence-corrected chi connectivity index (χ2v) is 10.3. The molecule has 2 N–H and O–H groups in total. The van der Waals surface area contributed by atoms with E-state index >= 15 is 0 Å². The number of carbonyl (C=O) groups excluding carboxylic acids is 1. The largest absolute Gasteiger partial charge is 0.394 e. The van der Waals surface area contributed by atoms with Crippen LogP contribution in [0.2, 0.25) is 5.02 Å². The maximum Gasteiger partial charge on any atom is 0.254 e. The third-order valence-electron chi connectivity index (χ3n) is 6.02. The molecule has 14 heteroatoms. The number of thioether (sulfide) groups is 1. The lowest BCUT2D eigenvalue weighted by Crippen LogP contribution is -2.55. The van der Waals surface area contributed by atoms with Gasteiger partial charge in [-0.25, -0.2) is 17.9 Å². The molecule has 0 radical (unpaired) electrons. The van der Waals surface area contributed by atoms with E-state index in [0.717, 1.165) is 23.9 Å². The highest BCUT2D eigenvalue weighted by Gasteiger charge is 2.47. The van der Waals surface area contributed by atoms with Crippen LogP contribution in [0.1, 0.15) is 16.4 Å². The van der Waals surface area contributed by atoms with Gasteiger partial charge >= 0.3 is 0 Å². The van der Waals surface area contributed by atoms with E-state index in [1.165, 1.54) is 22.9 Å². The van der Waals surface area contributed by atoms with Gasteiger partial charge in [-0.3, -0.25) is 4.79 Å². The normalized spacial score (nSPS) is 23.4. The van der Waals surface area contributed by atoms with E-state index in [4.69, 9.17) is 21.1 Å². The van der Waals surface area contributed by atoms with Crippen molar-refractivity contribution < 1.29 is 37.7 Å². The fourth-order valence-corrected chi connectivity index (χ4v) is 5.67. The number of aliphatic hydroxyl groups excluding tert-OH is 2. The van der Waals surface area contributed by atoms with Gasteiger partial charge in [0.1, 0.15) is 35.5 Å². The minimum Gasteiger partial charge on any atom is -0.394 e. The number of aromatic nitrogens is 3. The molecule has 2 unspecified atom stereocenters. The topological polar surface area (TPSA) is 110 Å². The number of ether oxygens (including phenoxy) is 2. The Bertz CT molecular complexity index is 1310. The highest BCUT2D eigenvalue weighted by molar-refractivity contribution is 8.00. The minimum atomic E-state index is -1.61. The number of rotatable bonds is 7. The molecule has 0 spiro atoms. The summed E-state index contributed by atoms with van der Waals surface area (Å²) in [6.07, 6.45) is -2.01. The SMILES string of the molecule is CO[C@H]1C(n2cc(-c3cc(F)c(F)c(F)c3)nn2)[C@@H](O)C(CO)O[C@@H]1Sc1cc(Cl)ccc1C(=O)N(C)C. The van der Waals surface area contributed by atoms with E-state index in [1.807, 2.05) is 0 Å². The molecule has 0 aliphatic carbocycles. The molecule has 3 aromatic rings. The van der Waals surface area contributed by atoms with E-state index in [0.29, 0.717) is 15.5 Å². The lowest BCUT2D eigenvalue weighted by molar-refractivity contribution is -0.186. The molecule has 38 heavy (non-hydrogen) atoms. The van der Waals surface area contributed by atoms with Crippen LogP contribution in [0.25, 0.3) is 11.3 Å². The van der Waals surface area contributed by atoms with Crippen LogP contribution in [0, 0.1) is 17.5 Å². The molecule has 1 aromatic heterocycles. The molecule has 2 aromatic carbocycles. The van der Waals surface area contributed by atoms with E-state index < -0.39 is 53.8 Å². The van der Waals surface area contributed by atoms with Crippen molar-refractivity contribution in [2.24, 2.45) is 0 Å². The number of hydrogen-bond acceptors (Lipinski definition) is 8. The molecule has 5 atom stereocenters. The Morgan fingerprint density at radius 2 is 1.92 bits per heavy atom. The van der Waals surface area contributed by atoms with Crippen molar-refractivity contribution in [3.8, 4) is 11.3 Å². The van der Waals surface area contributed by atoms with E-state index in [9.17, 15) is 28.2 Å². The van der Waals surface area contributed by atoms with E-state index in [-0.39, 0.29) is 17.2 Å². The maximum absolute atomic E-state index is 13.8. The third kappa shape index (κ3) is 5.53. The number of carbonyl (C=O) groups is 1. The lowest BCUT2D eigenvalue weighted by Gasteiger charge is -2.43. The number of aliphatic hydroxyl groups is 2. The second-order valence-electron chi connectivity index (χ2n) is 8.70. The van der Waals surface area contributed by atoms with Crippen LogP contribution in [0.4, 0.5) is 13.2 Å². The molecule has 0 bridgehead atoms. The molecule has 9 nitrogen and oxygen atoms in total. The highest BCUT2D eigenvalue weighted by atomic mass is 35.5. The van der Waals surface area contributed by atoms with Gasteiger partial charge in [-0.05, 0) is 30.3 Å². The lowest BCUT2D eigenvalue weighted by atomic mass is 9.97. The fraction of sp³-hybridized carbons (Fsp3) is 0.375. The van der Waals surface area contributed by atoms with Crippen LogP contribution in [0.5, 0.6) is 0 Å². The summed E-state index contributed by atoms with van der Waals surface area (Å²) < 4.78 is 53.8. The smallest absolute Gasteiger partial charge is 0.254 e. The summed E-state index contributed by atoms with van der Waals surface area (Å²) >= 11 is 7.30. The Balaban J connectivity index is 1.71. The number of halogens is 4. The zero-order chi connectivity index (χ0) is 27.7. The first-order valence-corrected chi connectivity index (χ1v) is 12.5. The van der Waals surface area contributed by atoms with Crippen molar-refractivity contribution in [3.63, 3.8) is 0 Å². The molecular weight excluding hydrogens is 549 g/mol. The quantitative estimate of drug-likeness (QED) is 0.416. The molecule has 1 fully saturated rings. The van der Waals surface area contributed by atoms with Gasteiger partial charge in [-0.2, -0.15) is 0 Å². The summed E-state index contributed by atoms with van der Waals surface area (Å²) in [5.41, 5.74) is -0.575. The second kappa shape index (κ2) is 11.6. The number of amides is 1. The predicted octanol–water partition coefficient (Wildman–Crippen LogP) is 3.14. The van der Waals surface area contributed by atoms with Crippen molar-refractivity contribution >= 4 is 29.3 Å². The van der Waals surface area contributed by atoms with E-state index in [1.54, 1.807) is 32.3 Å². The number of methoxy groups -OCH3 is 1. The molecule has 0 saturated carbocycles. The van der Waals surface area contributed by atoms with Crippen LogP contribution in [-0.4, -0.2) is 87.6 Å². The first-order valence-electron chi connectivity index (χ1n) is 11.3. The first kappa shape index (κ1) is 28.3. The Labute approximate surface area is 225 Å². The summed E-state index contributed by atoms with van der Waals surface area (Å²) in [7, 11) is 4.60. The third-order valence-corrected chi connectivity index (χ3v) is 7.45. The molecule has 4 rings (SSSR count). The van der Waals surface area contributed by atoms with Crippen LogP contribution >= 0.6 is 23.4 Å². The molecule has 1 aliphatic rings. The van der Waals surface area contributed by atoms with Crippen LogP contribution in [0.3, 0.4) is 0 Å². The molecular formula is C24H24ClF3N4O5S. The van der Waals surface area contributed by atoms with Gasteiger partial charge in [-0.1, -0.05) is 28.6 Å². The van der Waals surface area contributed by atoms with Gasteiger partial charge < -0.3 is 24.6 Å². The van der Waals surface area contributed by atoms with Crippen molar-refractivity contribution in [1.29, 1.82) is 0 Å². The monoisotopic (exact) mass is 572 g/mol. The summed E-state index contributed by atoms with van der Waals surface area (Å²) in [6.45, 7) is -0.555. The van der Waals surface area contributed by atoms with Crippen molar-refractivity contribution in [1.82, 2.24) is 19.9 Å². The standard InChI is InChI=1S/C24H24ClF3N4O5S/c1-31(2)23(35)13-5-4-12(25)8-18(13)38-24-22(36-3)20(21(34)17(10-33)37-24)32-9-16(29-30-32)11-6-14(26)19(28)15(27)7-11/h4-9,17,20-22,24,33-34H,10H2,1-3H3/t17?,20?,21-,22-,24+/m0/s1. The van der Waals surface area contributed by atoms with Gasteiger partial charge in [-0.15, -0.1) is 5.10 Å².